The zero-order valence-electron chi connectivity index (χ0n) is 21.3. The predicted molar refractivity (Wildman–Crippen MR) is 138 cm³/mol. The van der Waals surface area contributed by atoms with E-state index in [1.54, 1.807) is 0 Å². The normalized spacial score (nSPS) is 23.8. The zero-order valence-corrected chi connectivity index (χ0v) is 21.3. The first-order chi connectivity index (χ1) is 17.7. The van der Waals surface area contributed by atoms with Gasteiger partial charge in [-0.15, -0.1) is 0 Å². The van der Waals surface area contributed by atoms with Crippen molar-refractivity contribution in [2.45, 2.75) is 57.8 Å². The molecule has 0 unspecified atom stereocenters. The fourth-order valence-electron chi connectivity index (χ4n) is 6.30. The molecular weight excluding hydrogens is 452 g/mol. The number of likely N-dealkylation sites (N-methyl/N-ethyl adjacent to an activating group) is 1. The highest BCUT2D eigenvalue weighted by atomic mass is 16.5. The molecule has 0 radical (unpaired) electrons. The topological polar surface area (TPSA) is 58.3 Å². The van der Waals surface area contributed by atoms with Crippen LogP contribution in [0.2, 0.25) is 0 Å². The molecule has 0 bridgehead atoms. The largest absolute Gasteiger partial charge is 0.493 e. The molecule has 0 spiro atoms. The van der Waals surface area contributed by atoms with E-state index in [1.165, 1.54) is 23.1 Å². The Morgan fingerprint density at radius 2 is 2.06 bits per heavy atom. The lowest BCUT2D eigenvalue weighted by Gasteiger charge is -2.32. The van der Waals surface area contributed by atoms with Crippen molar-refractivity contribution in [2.24, 2.45) is 5.92 Å². The fourth-order valence-corrected chi connectivity index (χ4v) is 6.30. The highest BCUT2D eigenvalue weighted by Gasteiger charge is 2.32. The van der Waals surface area contributed by atoms with Crippen LogP contribution in [0.5, 0.6) is 11.8 Å². The number of benzene rings is 1. The minimum atomic E-state index is 0.405. The van der Waals surface area contributed by atoms with E-state index in [1.807, 2.05) is 0 Å². The van der Waals surface area contributed by atoms with Gasteiger partial charge in [0.05, 0.1) is 12.3 Å². The first-order valence-electron chi connectivity index (χ1n) is 13.4. The van der Waals surface area contributed by atoms with Gasteiger partial charge in [-0.05, 0) is 50.9 Å². The highest BCUT2D eigenvalue weighted by Crippen LogP contribution is 2.36. The predicted octanol–water partition coefficient (Wildman–Crippen LogP) is 3.54. The highest BCUT2D eigenvalue weighted by molar-refractivity contribution is 5.52. The Labute approximate surface area is 214 Å². The number of aromatic nitrogens is 2. The molecular formula is C28H36N6O2. The van der Waals surface area contributed by atoms with Crippen LogP contribution in [0.1, 0.15) is 48.1 Å². The van der Waals surface area contributed by atoms with E-state index in [0.29, 0.717) is 31.1 Å². The van der Waals surface area contributed by atoms with Crippen molar-refractivity contribution in [3.05, 3.63) is 52.0 Å². The molecule has 0 saturated carbocycles. The second-order valence-corrected chi connectivity index (χ2v) is 10.8. The monoisotopic (exact) mass is 488 g/mol. The Balaban J connectivity index is 1.25. The van der Waals surface area contributed by atoms with Crippen LogP contribution in [0.15, 0.2) is 18.2 Å². The SMILES string of the molecule is [C-]#[N+]C[C@@H]1CCCN(c2nc(OC[C@@H]3CCCN3C)nc3c2CN(Cc2cccc4c2CCO4)C3)C1. The Hall–Kier alpha value is -2.89. The summed E-state index contributed by atoms with van der Waals surface area (Å²) in [6.07, 6.45) is 5.59. The number of anilines is 1. The molecule has 8 nitrogen and oxygen atoms in total. The second-order valence-electron chi connectivity index (χ2n) is 10.8. The molecule has 0 aliphatic carbocycles. The standard InChI is InChI=1S/C28H36N6O2/c1-29-14-20-6-4-12-34(15-20)27-24-17-33(16-21-7-3-9-26-23(21)10-13-35-26)18-25(24)30-28(31-27)36-19-22-8-5-11-32(22)2/h3,7,9,20,22H,4-6,8,10-19H2,2H3/t20-,22-/m0/s1. The third-order valence-electron chi connectivity index (χ3n) is 8.28. The van der Waals surface area contributed by atoms with Gasteiger partial charge >= 0.3 is 6.01 Å². The van der Waals surface area contributed by atoms with Gasteiger partial charge in [-0.1, -0.05) is 12.1 Å². The van der Waals surface area contributed by atoms with E-state index in [0.717, 1.165) is 88.8 Å². The molecule has 1 aromatic heterocycles. The van der Waals surface area contributed by atoms with E-state index >= 15 is 0 Å². The molecule has 4 aliphatic heterocycles. The summed E-state index contributed by atoms with van der Waals surface area (Å²) in [5.74, 6) is 2.47. The van der Waals surface area contributed by atoms with Gasteiger partial charge in [-0.2, -0.15) is 9.97 Å². The Kier molecular flexibility index (Phi) is 6.68. The van der Waals surface area contributed by atoms with Crippen molar-refractivity contribution < 1.29 is 9.47 Å². The summed E-state index contributed by atoms with van der Waals surface area (Å²) in [7, 11) is 2.17. The number of likely N-dealkylation sites (tertiary alicyclic amines) is 1. The summed E-state index contributed by atoms with van der Waals surface area (Å²) in [4.78, 5) is 20.8. The van der Waals surface area contributed by atoms with Crippen LogP contribution in [-0.2, 0) is 26.1 Å². The Morgan fingerprint density at radius 3 is 2.92 bits per heavy atom. The van der Waals surface area contributed by atoms with Crippen molar-refractivity contribution in [3.8, 4) is 11.8 Å². The molecule has 2 aromatic rings. The van der Waals surface area contributed by atoms with E-state index in [-0.39, 0.29) is 0 Å². The molecule has 0 amide bonds. The minimum absolute atomic E-state index is 0.405. The average Bonchev–Trinajstić information content (AvgIpc) is 3.62. The first-order valence-corrected chi connectivity index (χ1v) is 13.4. The van der Waals surface area contributed by atoms with Gasteiger partial charge in [0, 0.05) is 62.2 Å². The van der Waals surface area contributed by atoms with E-state index in [4.69, 9.17) is 26.0 Å². The summed E-state index contributed by atoms with van der Waals surface area (Å²) < 4.78 is 12.0. The van der Waals surface area contributed by atoms with Gasteiger partial charge in [-0.25, -0.2) is 6.57 Å². The lowest BCUT2D eigenvalue weighted by Crippen LogP contribution is -2.38. The molecule has 2 fully saturated rings. The van der Waals surface area contributed by atoms with E-state index < -0.39 is 0 Å². The molecule has 36 heavy (non-hydrogen) atoms. The number of ether oxygens (including phenoxy) is 2. The van der Waals surface area contributed by atoms with E-state index in [2.05, 4.69) is 44.8 Å². The van der Waals surface area contributed by atoms with Crippen LogP contribution in [0.4, 0.5) is 5.82 Å². The fraction of sp³-hybridized carbons (Fsp3) is 0.607. The van der Waals surface area contributed by atoms with Crippen LogP contribution in [0, 0.1) is 12.5 Å². The molecule has 190 valence electrons. The molecule has 1 aromatic carbocycles. The molecule has 0 N–H and O–H groups in total. The van der Waals surface area contributed by atoms with Crippen LogP contribution >= 0.6 is 0 Å². The third kappa shape index (κ3) is 4.74. The van der Waals surface area contributed by atoms with Crippen molar-refractivity contribution in [3.63, 3.8) is 0 Å². The number of piperidine rings is 1. The molecule has 8 heteroatoms. The molecule has 5 heterocycles. The average molecular weight is 489 g/mol. The minimum Gasteiger partial charge on any atom is -0.493 e. The van der Waals surface area contributed by atoms with Crippen LogP contribution in [0.3, 0.4) is 0 Å². The Bertz CT molecular complexity index is 1150. The number of hydrogen-bond donors (Lipinski definition) is 0. The summed E-state index contributed by atoms with van der Waals surface area (Å²) in [5.41, 5.74) is 5.02. The van der Waals surface area contributed by atoms with Crippen molar-refractivity contribution >= 4 is 5.82 Å². The van der Waals surface area contributed by atoms with Crippen LogP contribution in [0.25, 0.3) is 4.85 Å². The molecule has 6 rings (SSSR count). The van der Waals surface area contributed by atoms with Crippen molar-refractivity contribution in [2.75, 3.05) is 51.3 Å². The zero-order chi connectivity index (χ0) is 24.5. The third-order valence-corrected chi connectivity index (χ3v) is 8.28. The van der Waals surface area contributed by atoms with Gasteiger partial charge in [0.1, 0.15) is 18.2 Å². The van der Waals surface area contributed by atoms with Gasteiger partial charge < -0.3 is 24.1 Å². The van der Waals surface area contributed by atoms with Gasteiger partial charge in [0.25, 0.3) is 0 Å². The smallest absolute Gasteiger partial charge is 0.318 e. The maximum absolute atomic E-state index is 7.35. The molecule has 2 saturated heterocycles. The van der Waals surface area contributed by atoms with Gasteiger partial charge in [-0.3, -0.25) is 4.90 Å². The maximum atomic E-state index is 7.35. The van der Waals surface area contributed by atoms with Crippen LogP contribution < -0.4 is 14.4 Å². The quantitative estimate of drug-likeness (QED) is 0.553. The van der Waals surface area contributed by atoms with E-state index in [9.17, 15) is 0 Å². The van der Waals surface area contributed by atoms with Crippen LogP contribution in [-0.4, -0.2) is 72.3 Å². The van der Waals surface area contributed by atoms with Crippen molar-refractivity contribution in [1.29, 1.82) is 0 Å². The van der Waals surface area contributed by atoms with Gasteiger partial charge in [0.15, 0.2) is 0 Å². The van der Waals surface area contributed by atoms with Crippen molar-refractivity contribution in [1.82, 2.24) is 19.8 Å². The number of fused-ring (bicyclic) bond motifs is 2. The lowest BCUT2D eigenvalue weighted by molar-refractivity contribution is 0.187. The number of hydrogen-bond acceptors (Lipinski definition) is 7. The summed E-state index contributed by atoms with van der Waals surface area (Å²) in [6, 6.07) is 7.35. The number of rotatable bonds is 7. The maximum Gasteiger partial charge on any atom is 0.318 e. The van der Waals surface area contributed by atoms with Gasteiger partial charge in [0.2, 0.25) is 6.54 Å². The summed E-state index contributed by atoms with van der Waals surface area (Å²) in [6.45, 7) is 14.9. The summed E-state index contributed by atoms with van der Waals surface area (Å²) in [5, 5.41) is 0. The Morgan fingerprint density at radius 1 is 1.14 bits per heavy atom. The molecule has 2 atom stereocenters. The molecule has 4 aliphatic rings. The summed E-state index contributed by atoms with van der Waals surface area (Å²) >= 11 is 0. The first kappa shape index (κ1) is 23.5. The lowest BCUT2D eigenvalue weighted by atomic mass is 9.98. The number of nitrogens with zero attached hydrogens (tertiary/aromatic N) is 6. The second kappa shape index (κ2) is 10.2.